The molecule has 2 N–H and O–H groups in total. The first kappa shape index (κ1) is 18.8. The van der Waals surface area contributed by atoms with Gasteiger partial charge in [-0.2, -0.15) is 0 Å². The number of hydrogen-bond donors (Lipinski definition) is 2. The molecule has 0 saturated carbocycles. The summed E-state index contributed by atoms with van der Waals surface area (Å²) in [6.45, 7) is 0.170. The van der Waals surface area contributed by atoms with Crippen molar-refractivity contribution in [1.29, 1.82) is 0 Å². The van der Waals surface area contributed by atoms with E-state index in [0.29, 0.717) is 16.6 Å². The largest absolute Gasteiger partial charge is 0.478 e. The van der Waals surface area contributed by atoms with Gasteiger partial charge in [-0.05, 0) is 40.5 Å². The number of nitrogens with zero attached hydrogens (tertiary/aromatic N) is 1. The van der Waals surface area contributed by atoms with Crippen molar-refractivity contribution in [1.82, 2.24) is 4.98 Å². The number of carboxylic acids is 1. The Kier molecular flexibility index (Phi) is 4.59. The molecule has 1 aromatic heterocycles. The van der Waals surface area contributed by atoms with Crippen LogP contribution in [0.5, 0.6) is 0 Å². The molecular formula is C25H18N2O4. The summed E-state index contributed by atoms with van der Waals surface area (Å²) in [4.78, 5) is 28.3. The number of nitrogens with one attached hydrogen (secondary N) is 1. The molecule has 1 heterocycles. The molecule has 152 valence electrons. The van der Waals surface area contributed by atoms with E-state index >= 15 is 0 Å². The number of carbonyl (C=O) groups excluding carboxylic acids is 1. The van der Waals surface area contributed by atoms with Crippen molar-refractivity contribution in [2.45, 2.75) is 5.92 Å². The third-order valence-corrected chi connectivity index (χ3v) is 5.53. The zero-order chi connectivity index (χ0) is 21.4. The second-order valence-corrected chi connectivity index (χ2v) is 7.35. The van der Waals surface area contributed by atoms with Crippen LogP contribution in [0.15, 0.2) is 79.0 Å². The zero-order valence-electron chi connectivity index (χ0n) is 16.4. The minimum Gasteiger partial charge on any atom is -0.478 e. The molecule has 0 fully saturated rings. The number of aromatic nitrogens is 1. The van der Waals surface area contributed by atoms with E-state index in [1.165, 1.54) is 12.1 Å². The van der Waals surface area contributed by atoms with E-state index in [4.69, 9.17) is 4.74 Å². The number of aromatic carboxylic acids is 1. The van der Waals surface area contributed by atoms with Crippen molar-refractivity contribution in [3.63, 3.8) is 0 Å². The highest BCUT2D eigenvalue weighted by Gasteiger charge is 2.29. The fraction of sp³-hybridized carbons (Fsp3) is 0.0800. The summed E-state index contributed by atoms with van der Waals surface area (Å²) in [5.41, 5.74) is 5.41. The molecule has 0 unspecified atom stereocenters. The maximum atomic E-state index is 12.6. The number of carbonyl (C=O) groups is 2. The number of pyridine rings is 1. The van der Waals surface area contributed by atoms with Crippen molar-refractivity contribution < 1.29 is 19.4 Å². The van der Waals surface area contributed by atoms with Gasteiger partial charge in [0, 0.05) is 17.5 Å². The lowest BCUT2D eigenvalue weighted by Crippen LogP contribution is -2.18. The number of rotatable bonds is 4. The highest BCUT2D eigenvalue weighted by Crippen LogP contribution is 2.44. The molecule has 6 nitrogen and oxygen atoms in total. The fourth-order valence-corrected chi connectivity index (χ4v) is 4.16. The summed E-state index contributed by atoms with van der Waals surface area (Å²) in [5.74, 6) is -1.14. The lowest BCUT2D eigenvalue weighted by Gasteiger charge is -2.15. The van der Waals surface area contributed by atoms with Crippen LogP contribution in [0.1, 0.15) is 27.4 Å². The second kappa shape index (κ2) is 7.57. The Labute approximate surface area is 178 Å². The van der Waals surface area contributed by atoms with Gasteiger partial charge in [0.15, 0.2) is 0 Å². The maximum Gasteiger partial charge on any atom is 0.411 e. The number of ether oxygens (including phenoxy) is 1. The highest BCUT2D eigenvalue weighted by atomic mass is 16.5. The number of amides is 1. The molecule has 0 aliphatic heterocycles. The molecule has 0 bridgehead atoms. The highest BCUT2D eigenvalue weighted by molar-refractivity contribution is 6.03. The Morgan fingerprint density at radius 1 is 0.935 bits per heavy atom. The predicted octanol–water partition coefficient (Wildman–Crippen LogP) is 5.29. The van der Waals surface area contributed by atoms with E-state index in [1.54, 1.807) is 18.3 Å². The second-order valence-electron chi connectivity index (χ2n) is 7.35. The van der Waals surface area contributed by atoms with E-state index < -0.39 is 12.1 Å². The Morgan fingerprint density at radius 3 is 2.29 bits per heavy atom. The molecule has 5 rings (SSSR count). The predicted molar refractivity (Wildman–Crippen MR) is 117 cm³/mol. The summed E-state index contributed by atoms with van der Waals surface area (Å²) in [5, 5.41) is 12.7. The first-order valence-electron chi connectivity index (χ1n) is 9.86. The van der Waals surface area contributed by atoms with Crippen LogP contribution in [0.3, 0.4) is 0 Å². The summed E-state index contributed by atoms with van der Waals surface area (Å²) >= 11 is 0. The number of fused-ring (bicyclic) bond motifs is 4. The molecule has 0 radical (unpaired) electrons. The quantitative estimate of drug-likeness (QED) is 0.477. The Balaban J connectivity index is 1.39. The Hall–Kier alpha value is -4.19. The molecule has 1 aliphatic carbocycles. The first-order valence-corrected chi connectivity index (χ1v) is 9.86. The number of anilines is 1. The van der Waals surface area contributed by atoms with Crippen LogP contribution < -0.4 is 5.32 Å². The molecular weight excluding hydrogens is 392 g/mol. The van der Waals surface area contributed by atoms with Crippen molar-refractivity contribution in [3.05, 3.63) is 95.7 Å². The minimum absolute atomic E-state index is 0.0571. The standard InChI is InChI=1S/C25H18N2O4/c28-24(29)16-12-15-6-5-11-26-23(15)22(13-16)27-25(30)31-14-21-19-9-3-1-7-17(19)18-8-2-4-10-20(18)21/h1-13,21H,14H2,(H,27,30)(H,28,29). The third-order valence-electron chi connectivity index (χ3n) is 5.53. The van der Waals surface area contributed by atoms with Gasteiger partial charge in [-0.15, -0.1) is 0 Å². The lowest BCUT2D eigenvalue weighted by atomic mass is 9.98. The summed E-state index contributed by atoms with van der Waals surface area (Å²) in [6.07, 6.45) is 0.933. The van der Waals surface area contributed by atoms with Crippen LogP contribution in [-0.2, 0) is 4.74 Å². The lowest BCUT2D eigenvalue weighted by molar-refractivity contribution is 0.0697. The van der Waals surface area contributed by atoms with Gasteiger partial charge in [-0.3, -0.25) is 10.3 Å². The van der Waals surface area contributed by atoms with Crippen LogP contribution in [-0.4, -0.2) is 28.8 Å². The molecule has 1 aliphatic rings. The van der Waals surface area contributed by atoms with Gasteiger partial charge in [-0.1, -0.05) is 54.6 Å². The van der Waals surface area contributed by atoms with Crippen LogP contribution in [0.4, 0.5) is 10.5 Å². The minimum atomic E-state index is -1.08. The van der Waals surface area contributed by atoms with E-state index in [9.17, 15) is 14.7 Å². The van der Waals surface area contributed by atoms with Gasteiger partial charge in [0.2, 0.25) is 0 Å². The average Bonchev–Trinajstić information content (AvgIpc) is 3.11. The monoisotopic (exact) mass is 410 g/mol. The zero-order valence-corrected chi connectivity index (χ0v) is 16.4. The normalized spacial score (nSPS) is 12.3. The van der Waals surface area contributed by atoms with E-state index in [0.717, 1.165) is 22.3 Å². The maximum absolute atomic E-state index is 12.6. The number of benzene rings is 3. The van der Waals surface area contributed by atoms with Crippen LogP contribution in [0.2, 0.25) is 0 Å². The van der Waals surface area contributed by atoms with E-state index in [-0.39, 0.29) is 18.1 Å². The molecule has 3 aromatic carbocycles. The summed E-state index contributed by atoms with van der Waals surface area (Å²) < 4.78 is 5.57. The molecule has 0 atom stereocenters. The smallest absolute Gasteiger partial charge is 0.411 e. The summed E-state index contributed by atoms with van der Waals surface area (Å²) in [6, 6.07) is 22.6. The van der Waals surface area contributed by atoms with Crippen molar-refractivity contribution in [3.8, 4) is 11.1 Å². The third kappa shape index (κ3) is 3.38. The van der Waals surface area contributed by atoms with Crippen molar-refractivity contribution >= 4 is 28.7 Å². The molecule has 31 heavy (non-hydrogen) atoms. The molecule has 0 spiro atoms. The van der Waals surface area contributed by atoms with E-state index in [1.807, 2.05) is 24.3 Å². The molecule has 0 saturated heterocycles. The van der Waals surface area contributed by atoms with Crippen LogP contribution >= 0.6 is 0 Å². The van der Waals surface area contributed by atoms with Crippen molar-refractivity contribution in [2.75, 3.05) is 11.9 Å². The Morgan fingerprint density at radius 2 is 1.61 bits per heavy atom. The topological polar surface area (TPSA) is 88.5 Å². The van der Waals surface area contributed by atoms with Crippen LogP contribution in [0.25, 0.3) is 22.0 Å². The number of hydrogen-bond acceptors (Lipinski definition) is 4. The summed E-state index contributed by atoms with van der Waals surface area (Å²) in [7, 11) is 0. The molecule has 1 amide bonds. The molecule has 6 heteroatoms. The van der Waals surface area contributed by atoms with Gasteiger partial charge in [0.1, 0.15) is 6.61 Å². The van der Waals surface area contributed by atoms with Crippen molar-refractivity contribution in [2.24, 2.45) is 0 Å². The SMILES string of the molecule is O=C(Nc1cc(C(=O)O)cc2cccnc12)OCC1c2ccccc2-c2ccccc21. The first-order chi connectivity index (χ1) is 15.1. The van der Waals surface area contributed by atoms with E-state index in [2.05, 4.69) is 34.6 Å². The van der Waals surface area contributed by atoms with Gasteiger partial charge < -0.3 is 9.84 Å². The Bertz CT molecular complexity index is 1290. The van der Waals surface area contributed by atoms with Crippen LogP contribution in [0, 0.1) is 0 Å². The van der Waals surface area contributed by atoms with Gasteiger partial charge in [0.05, 0.1) is 16.8 Å². The van der Waals surface area contributed by atoms with Gasteiger partial charge in [-0.25, -0.2) is 9.59 Å². The number of carboxylic acid groups (broad SMARTS) is 1. The average molecular weight is 410 g/mol. The van der Waals surface area contributed by atoms with Gasteiger partial charge in [0.25, 0.3) is 0 Å². The van der Waals surface area contributed by atoms with Gasteiger partial charge >= 0.3 is 12.1 Å². The molecule has 4 aromatic rings. The fourth-order valence-electron chi connectivity index (χ4n) is 4.16.